The summed E-state index contributed by atoms with van der Waals surface area (Å²) in [7, 11) is 0. The van der Waals surface area contributed by atoms with Crippen molar-refractivity contribution in [2.24, 2.45) is 11.8 Å². The van der Waals surface area contributed by atoms with Gasteiger partial charge in [0, 0.05) is 46.3 Å². The molecule has 3 heterocycles. The van der Waals surface area contributed by atoms with Crippen molar-refractivity contribution < 1.29 is 4.74 Å². The fraction of sp³-hybridized carbons (Fsp3) is 0.417. The predicted molar refractivity (Wildman–Crippen MR) is 222 cm³/mol. The van der Waals surface area contributed by atoms with Crippen LogP contribution in [0.15, 0.2) is 90.6 Å². The van der Waals surface area contributed by atoms with Crippen molar-refractivity contribution in [3.05, 3.63) is 119 Å². The first-order valence-corrected chi connectivity index (χ1v) is 20.3. The number of allylic oxidation sites excluding steroid dienone is 2. The first-order valence-electron chi connectivity index (χ1n) is 20.3. The van der Waals surface area contributed by atoms with Gasteiger partial charge < -0.3 is 4.74 Å². The van der Waals surface area contributed by atoms with E-state index in [-0.39, 0.29) is 0 Å². The number of aryl methyl sites for hydroxylation is 2. The third-order valence-corrected chi connectivity index (χ3v) is 11.3. The molecule has 0 saturated carbocycles. The van der Waals surface area contributed by atoms with E-state index in [1.807, 2.05) is 6.20 Å². The smallest absolute Gasteiger partial charge is 0.137 e. The number of nitrogens with zero attached hydrogens (tertiary/aromatic N) is 4. The van der Waals surface area contributed by atoms with E-state index in [4.69, 9.17) is 14.8 Å². The van der Waals surface area contributed by atoms with Gasteiger partial charge >= 0.3 is 0 Å². The van der Waals surface area contributed by atoms with E-state index < -0.39 is 0 Å². The highest BCUT2D eigenvalue weighted by molar-refractivity contribution is 6.09. The Kier molecular flexibility index (Phi) is 10.9. The lowest BCUT2D eigenvalue weighted by molar-refractivity contribution is 0.389. The summed E-state index contributed by atoms with van der Waals surface area (Å²) in [5.74, 6) is 4.53. The highest BCUT2D eigenvalue weighted by atomic mass is 16.5. The van der Waals surface area contributed by atoms with Crippen molar-refractivity contribution in [3.8, 4) is 23.0 Å². The Morgan fingerprint density at radius 3 is 2.36 bits per heavy atom. The van der Waals surface area contributed by atoms with Gasteiger partial charge in [0.1, 0.15) is 17.3 Å². The maximum atomic E-state index is 6.87. The van der Waals surface area contributed by atoms with E-state index in [9.17, 15) is 0 Å². The standard InChI is InChI=1S/C48H58N4O/c1-9-12-17-35-22-23-49-46(26-35)51-43-19-14-13-18-40(43)41-21-20-38(30-45(41)51)53-39-28-36(31(4)5)27-37(29-39)52-44(16-11-3)48(42(50-52)15-10-2)47-33(7)24-32(6)25-34(47)8/h13-14,18-24,26-32,34,47H,9-12,15-17,25H2,1-8H3/t32-,34-,47?/m0/s1. The molecule has 3 atom stereocenters. The van der Waals surface area contributed by atoms with Crippen LogP contribution in [0.4, 0.5) is 0 Å². The van der Waals surface area contributed by atoms with Crippen molar-refractivity contribution in [1.82, 2.24) is 19.3 Å². The lowest BCUT2D eigenvalue weighted by atomic mass is 9.72. The van der Waals surface area contributed by atoms with Crippen molar-refractivity contribution in [2.75, 3.05) is 0 Å². The second kappa shape index (κ2) is 15.8. The van der Waals surface area contributed by atoms with E-state index in [1.54, 1.807) is 0 Å². The van der Waals surface area contributed by atoms with Gasteiger partial charge in [0.25, 0.3) is 0 Å². The number of hydrogen-bond acceptors (Lipinski definition) is 3. The first-order chi connectivity index (χ1) is 25.7. The average Bonchev–Trinajstić information content (AvgIpc) is 3.65. The average molecular weight is 707 g/mol. The highest BCUT2D eigenvalue weighted by Gasteiger charge is 2.33. The second-order valence-corrected chi connectivity index (χ2v) is 16.0. The molecule has 7 rings (SSSR count). The van der Waals surface area contributed by atoms with Crippen LogP contribution >= 0.6 is 0 Å². The summed E-state index contributed by atoms with van der Waals surface area (Å²) in [5.41, 5.74) is 11.5. The molecule has 0 aliphatic heterocycles. The van der Waals surface area contributed by atoms with Gasteiger partial charge in [-0.3, -0.25) is 4.57 Å². The van der Waals surface area contributed by atoms with Crippen LogP contribution in [0.2, 0.25) is 0 Å². The third-order valence-electron chi connectivity index (χ3n) is 11.3. The normalized spacial score (nSPS) is 17.6. The van der Waals surface area contributed by atoms with Crippen LogP contribution in [0.1, 0.15) is 127 Å². The third kappa shape index (κ3) is 7.32. The van der Waals surface area contributed by atoms with Gasteiger partial charge in [-0.2, -0.15) is 5.10 Å². The zero-order chi connectivity index (χ0) is 37.2. The van der Waals surface area contributed by atoms with Gasteiger partial charge in [-0.1, -0.05) is 97.6 Å². The number of fused-ring (bicyclic) bond motifs is 3. The predicted octanol–water partition coefficient (Wildman–Crippen LogP) is 13.2. The molecule has 5 nitrogen and oxygen atoms in total. The lowest BCUT2D eigenvalue weighted by Crippen LogP contribution is -2.21. The molecule has 0 N–H and O–H groups in total. The number of benzene rings is 3. The van der Waals surface area contributed by atoms with Crippen LogP contribution in [0.25, 0.3) is 33.3 Å². The fourth-order valence-corrected chi connectivity index (χ4v) is 8.93. The van der Waals surface area contributed by atoms with Crippen LogP contribution in [0, 0.1) is 11.8 Å². The van der Waals surface area contributed by atoms with E-state index in [0.717, 1.165) is 66.1 Å². The Morgan fingerprint density at radius 2 is 1.60 bits per heavy atom. The van der Waals surface area contributed by atoms with Gasteiger partial charge in [-0.25, -0.2) is 9.67 Å². The molecule has 6 aromatic rings. The molecule has 1 unspecified atom stereocenters. The quantitative estimate of drug-likeness (QED) is 0.112. The number of aromatic nitrogens is 4. The van der Waals surface area contributed by atoms with Gasteiger partial charge in [0.15, 0.2) is 0 Å². The fourth-order valence-electron chi connectivity index (χ4n) is 8.93. The van der Waals surface area contributed by atoms with Gasteiger partial charge in [-0.05, 0) is 110 Å². The molecule has 1 aliphatic rings. The summed E-state index contributed by atoms with van der Waals surface area (Å²) in [5, 5.41) is 7.87. The van der Waals surface area contributed by atoms with E-state index in [1.165, 1.54) is 63.7 Å². The molecule has 3 aromatic heterocycles. The van der Waals surface area contributed by atoms with Gasteiger partial charge in [-0.15, -0.1) is 0 Å². The van der Waals surface area contributed by atoms with E-state index >= 15 is 0 Å². The van der Waals surface area contributed by atoms with E-state index in [0.29, 0.717) is 23.7 Å². The minimum absolute atomic E-state index is 0.332. The van der Waals surface area contributed by atoms with Crippen LogP contribution in [0.3, 0.4) is 0 Å². The summed E-state index contributed by atoms with van der Waals surface area (Å²) in [6.45, 7) is 18.5. The van der Waals surface area contributed by atoms with Crippen molar-refractivity contribution in [2.45, 2.75) is 119 Å². The summed E-state index contributed by atoms with van der Waals surface area (Å²) in [6, 6.07) is 26.3. The highest BCUT2D eigenvalue weighted by Crippen LogP contribution is 2.44. The summed E-state index contributed by atoms with van der Waals surface area (Å²) in [4.78, 5) is 4.88. The number of ether oxygens (including phenoxy) is 1. The number of pyridine rings is 1. The molecular formula is C48H58N4O. The molecule has 1 aliphatic carbocycles. The Balaban J connectivity index is 1.34. The maximum Gasteiger partial charge on any atom is 0.137 e. The van der Waals surface area contributed by atoms with Crippen molar-refractivity contribution in [1.29, 1.82) is 0 Å². The van der Waals surface area contributed by atoms with Crippen LogP contribution < -0.4 is 4.74 Å². The molecule has 0 amide bonds. The zero-order valence-electron chi connectivity index (χ0n) is 33.2. The molecule has 0 fully saturated rings. The van der Waals surface area contributed by atoms with Crippen LogP contribution in [-0.4, -0.2) is 19.3 Å². The molecule has 5 heteroatoms. The number of unbranched alkanes of at least 4 members (excludes halogenated alkanes) is 1. The van der Waals surface area contributed by atoms with Gasteiger partial charge in [0.2, 0.25) is 0 Å². The lowest BCUT2D eigenvalue weighted by Gasteiger charge is -2.33. The number of rotatable bonds is 13. The minimum atomic E-state index is 0.332. The van der Waals surface area contributed by atoms with Gasteiger partial charge in [0.05, 0.1) is 22.4 Å². The second-order valence-electron chi connectivity index (χ2n) is 16.0. The maximum absolute atomic E-state index is 6.87. The molecule has 0 bridgehead atoms. The van der Waals surface area contributed by atoms with Crippen LogP contribution in [-0.2, 0) is 19.3 Å². The summed E-state index contributed by atoms with van der Waals surface area (Å²) >= 11 is 0. The molecule has 53 heavy (non-hydrogen) atoms. The van der Waals surface area contributed by atoms with Crippen molar-refractivity contribution in [3.63, 3.8) is 0 Å². The Labute approximate surface area is 317 Å². The number of para-hydroxylation sites is 1. The molecule has 0 spiro atoms. The molecule has 0 saturated heterocycles. The monoisotopic (exact) mass is 706 g/mol. The molecular weight excluding hydrogens is 649 g/mol. The molecule has 276 valence electrons. The topological polar surface area (TPSA) is 44.9 Å². The van der Waals surface area contributed by atoms with E-state index in [2.05, 4.69) is 144 Å². The Morgan fingerprint density at radius 1 is 0.811 bits per heavy atom. The largest absolute Gasteiger partial charge is 0.457 e. The van der Waals surface area contributed by atoms with Crippen molar-refractivity contribution >= 4 is 21.8 Å². The molecule has 0 radical (unpaired) electrons. The first kappa shape index (κ1) is 36.7. The summed E-state index contributed by atoms with van der Waals surface area (Å²) in [6.07, 6.45) is 13.2. The van der Waals surface area contributed by atoms with Crippen LogP contribution in [0.5, 0.6) is 11.5 Å². The minimum Gasteiger partial charge on any atom is -0.457 e. The SMILES string of the molecule is CCCCc1ccnc(-n2c3ccccc3c3ccc(Oc4cc(C(C)C)cc(-n5nc(CCC)c(C6C(C)=C[C@H](C)C[C@@H]6C)c5CCC)c4)cc32)c1. The zero-order valence-corrected chi connectivity index (χ0v) is 33.2. The Bertz CT molecular complexity index is 2250. The summed E-state index contributed by atoms with van der Waals surface area (Å²) < 4.78 is 11.4. The Hall–Kier alpha value is -4.64. The molecule has 3 aromatic carbocycles. The number of hydrogen-bond donors (Lipinski definition) is 0.